The summed E-state index contributed by atoms with van der Waals surface area (Å²) < 4.78 is 5.78. The van der Waals surface area contributed by atoms with Crippen LogP contribution in [-0.4, -0.2) is 48.1 Å². The third-order valence-corrected chi connectivity index (χ3v) is 5.16. The molecular formula is C23H25N3O2. The first-order valence-electron chi connectivity index (χ1n) is 9.78. The van der Waals surface area contributed by atoms with Crippen molar-refractivity contribution in [3.63, 3.8) is 0 Å². The second kappa shape index (κ2) is 8.95. The Balaban J connectivity index is 1.33. The third-order valence-electron chi connectivity index (χ3n) is 5.16. The molecule has 5 heteroatoms. The molecule has 0 radical (unpaired) electrons. The number of amides is 1. The van der Waals surface area contributed by atoms with Gasteiger partial charge in [0.1, 0.15) is 0 Å². The number of ether oxygens (including phenoxy) is 1. The van der Waals surface area contributed by atoms with E-state index in [1.807, 2.05) is 65.7 Å². The molecule has 0 saturated carbocycles. The van der Waals surface area contributed by atoms with Crippen LogP contribution in [-0.2, 0) is 11.3 Å². The normalized spacial score (nSPS) is 17.0. The van der Waals surface area contributed by atoms with Gasteiger partial charge in [-0.15, -0.1) is 0 Å². The summed E-state index contributed by atoms with van der Waals surface area (Å²) >= 11 is 0. The molecule has 144 valence electrons. The number of nitrogens with one attached hydrogen (secondary N) is 1. The van der Waals surface area contributed by atoms with Crippen molar-refractivity contribution in [3.05, 3.63) is 78.1 Å². The Morgan fingerprint density at radius 1 is 1.14 bits per heavy atom. The zero-order valence-corrected chi connectivity index (χ0v) is 15.9. The number of pyridine rings is 1. The highest BCUT2D eigenvalue weighted by molar-refractivity contribution is 6.07. The Kier molecular flexibility index (Phi) is 5.95. The fraction of sp³-hybridized carbons (Fsp3) is 0.304. The van der Waals surface area contributed by atoms with E-state index < -0.39 is 0 Å². The zero-order valence-electron chi connectivity index (χ0n) is 15.9. The van der Waals surface area contributed by atoms with Gasteiger partial charge < -0.3 is 15.0 Å². The number of carbonyl (C=O) groups excluding carboxylic acids is 1. The Morgan fingerprint density at radius 2 is 2.04 bits per heavy atom. The molecule has 1 aliphatic heterocycles. The molecule has 1 amide bonds. The number of rotatable bonds is 6. The molecule has 1 N–H and O–H groups in total. The van der Waals surface area contributed by atoms with Crippen molar-refractivity contribution < 1.29 is 9.53 Å². The maximum absolute atomic E-state index is 13.1. The first kappa shape index (κ1) is 18.6. The number of hydrogen-bond donors (Lipinski definition) is 1. The van der Waals surface area contributed by atoms with Crippen molar-refractivity contribution in [1.82, 2.24) is 15.2 Å². The molecule has 0 bridgehead atoms. The van der Waals surface area contributed by atoms with Crippen LogP contribution in [0.3, 0.4) is 0 Å². The van der Waals surface area contributed by atoms with Gasteiger partial charge in [0.25, 0.3) is 5.91 Å². The molecule has 0 aliphatic carbocycles. The van der Waals surface area contributed by atoms with Crippen LogP contribution in [0.4, 0.5) is 0 Å². The highest BCUT2D eigenvalue weighted by Gasteiger charge is 2.24. The summed E-state index contributed by atoms with van der Waals surface area (Å²) in [5.41, 5.74) is 1.86. The van der Waals surface area contributed by atoms with Crippen LogP contribution in [0.1, 0.15) is 22.3 Å². The number of benzene rings is 2. The lowest BCUT2D eigenvalue weighted by Gasteiger charge is -2.34. The van der Waals surface area contributed by atoms with E-state index in [1.54, 1.807) is 6.20 Å². The molecule has 1 unspecified atom stereocenters. The average molecular weight is 375 g/mol. The lowest BCUT2D eigenvalue weighted by atomic mass is 10.0. The van der Waals surface area contributed by atoms with Crippen LogP contribution in [0, 0.1) is 0 Å². The first-order chi connectivity index (χ1) is 13.8. The maximum Gasteiger partial charge on any atom is 0.254 e. The van der Waals surface area contributed by atoms with Crippen molar-refractivity contribution >= 4 is 16.7 Å². The number of carbonyl (C=O) groups is 1. The van der Waals surface area contributed by atoms with Crippen LogP contribution in [0.2, 0.25) is 0 Å². The number of piperazine rings is 1. The number of fused-ring (bicyclic) bond motifs is 1. The summed E-state index contributed by atoms with van der Waals surface area (Å²) in [6.45, 7) is 3.47. The van der Waals surface area contributed by atoms with E-state index in [1.165, 1.54) is 0 Å². The van der Waals surface area contributed by atoms with Gasteiger partial charge in [0.2, 0.25) is 0 Å². The molecule has 3 aromatic rings. The van der Waals surface area contributed by atoms with Crippen molar-refractivity contribution in [1.29, 1.82) is 0 Å². The Bertz CT molecular complexity index is 924. The molecule has 1 aliphatic rings. The van der Waals surface area contributed by atoms with Crippen LogP contribution in [0.5, 0.6) is 0 Å². The SMILES string of the molecule is O=C(c1cccc2ccccc12)N1CCNC(CCOCc2cccnc2)C1. The van der Waals surface area contributed by atoms with Gasteiger partial charge in [-0.05, 0) is 34.9 Å². The maximum atomic E-state index is 13.1. The molecule has 4 rings (SSSR count). The third kappa shape index (κ3) is 4.38. The lowest BCUT2D eigenvalue weighted by Crippen LogP contribution is -2.52. The van der Waals surface area contributed by atoms with E-state index in [0.29, 0.717) is 19.8 Å². The van der Waals surface area contributed by atoms with Gasteiger partial charge in [0, 0.05) is 50.2 Å². The number of nitrogens with zero attached hydrogens (tertiary/aromatic N) is 2. The molecule has 2 aromatic carbocycles. The summed E-state index contributed by atoms with van der Waals surface area (Å²) in [6.07, 6.45) is 4.46. The first-order valence-corrected chi connectivity index (χ1v) is 9.78. The van der Waals surface area contributed by atoms with Gasteiger partial charge in [-0.3, -0.25) is 9.78 Å². The quantitative estimate of drug-likeness (QED) is 0.672. The van der Waals surface area contributed by atoms with Crippen molar-refractivity contribution in [2.75, 3.05) is 26.2 Å². The summed E-state index contributed by atoms with van der Waals surface area (Å²) in [5.74, 6) is 0.111. The van der Waals surface area contributed by atoms with Crippen molar-refractivity contribution in [2.24, 2.45) is 0 Å². The smallest absolute Gasteiger partial charge is 0.254 e. The van der Waals surface area contributed by atoms with E-state index >= 15 is 0 Å². The van der Waals surface area contributed by atoms with Gasteiger partial charge >= 0.3 is 0 Å². The number of aromatic nitrogens is 1. The molecular weight excluding hydrogens is 350 g/mol. The largest absolute Gasteiger partial charge is 0.377 e. The van der Waals surface area contributed by atoms with Gasteiger partial charge in [-0.2, -0.15) is 0 Å². The summed E-state index contributed by atoms with van der Waals surface area (Å²) in [7, 11) is 0. The minimum atomic E-state index is 0.111. The van der Waals surface area contributed by atoms with Crippen LogP contribution >= 0.6 is 0 Å². The molecule has 1 saturated heterocycles. The molecule has 0 spiro atoms. The number of hydrogen-bond acceptors (Lipinski definition) is 4. The van der Waals surface area contributed by atoms with E-state index in [-0.39, 0.29) is 11.9 Å². The second-order valence-electron chi connectivity index (χ2n) is 7.13. The predicted molar refractivity (Wildman–Crippen MR) is 110 cm³/mol. The summed E-state index contributed by atoms with van der Waals surface area (Å²) in [4.78, 5) is 19.2. The fourth-order valence-electron chi connectivity index (χ4n) is 3.68. The minimum absolute atomic E-state index is 0.111. The van der Waals surface area contributed by atoms with Gasteiger partial charge in [0.15, 0.2) is 0 Å². The Hall–Kier alpha value is -2.76. The highest BCUT2D eigenvalue weighted by atomic mass is 16.5. The average Bonchev–Trinajstić information content (AvgIpc) is 2.77. The van der Waals surface area contributed by atoms with E-state index in [4.69, 9.17) is 4.74 Å². The highest BCUT2D eigenvalue weighted by Crippen LogP contribution is 2.20. The van der Waals surface area contributed by atoms with Gasteiger partial charge in [-0.25, -0.2) is 0 Å². The Morgan fingerprint density at radius 3 is 2.93 bits per heavy atom. The van der Waals surface area contributed by atoms with Gasteiger partial charge in [0.05, 0.1) is 6.61 Å². The zero-order chi connectivity index (χ0) is 19.2. The summed E-state index contributed by atoms with van der Waals surface area (Å²) in [6, 6.07) is 18.2. The standard InChI is InChI=1S/C23H25N3O2/c27-23(22-9-3-7-19-6-1-2-8-21(19)22)26-13-12-25-20(16-26)10-14-28-17-18-5-4-11-24-15-18/h1-9,11,15,20,25H,10,12-14,16-17H2. The van der Waals surface area contributed by atoms with Crippen LogP contribution < -0.4 is 5.32 Å². The molecule has 5 nitrogen and oxygen atoms in total. The lowest BCUT2D eigenvalue weighted by molar-refractivity contribution is 0.0658. The monoisotopic (exact) mass is 375 g/mol. The van der Waals surface area contributed by atoms with E-state index in [9.17, 15) is 4.79 Å². The van der Waals surface area contributed by atoms with Crippen molar-refractivity contribution in [3.8, 4) is 0 Å². The van der Waals surface area contributed by atoms with Gasteiger partial charge in [-0.1, -0.05) is 42.5 Å². The fourth-order valence-corrected chi connectivity index (χ4v) is 3.68. The van der Waals surface area contributed by atoms with E-state index in [2.05, 4.69) is 10.3 Å². The molecule has 2 heterocycles. The topological polar surface area (TPSA) is 54.5 Å². The van der Waals surface area contributed by atoms with Crippen LogP contribution in [0.25, 0.3) is 10.8 Å². The molecule has 1 atom stereocenters. The van der Waals surface area contributed by atoms with E-state index in [0.717, 1.165) is 41.4 Å². The summed E-state index contributed by atoms with van der Waals surface area (Å²) in [5, 5.41) is 5.62. The molecule has 1 fully saturated rings. The Labute approximate surface area is 165 Å². The molecule has 1 aromatic heterocycles. The van der Waals surface area contributed by atoms with Crippen LogP contribution in [0.15, 0.2) is 67.0 Å². The molecule has 28 heavy (non-hydrogen) atoms. The van der Waals surface area contributed by atoms with Crippen molar-refractivity contribution in [2.45, 2.75) is 19.1 Å². The second-order valence-corrected chi connectivity index (χ2v) is 7.13. The minimum Gasteiger partial charge on any atom is -0.377 e. The predicted octanol–water partition coefficient (Wildman–Crippen LogP) is 3.26.